The molecule has 2 atom stereocenters. The van der Waals surface area contributed by atoms with Crippen LogP contribution in [0.5, 0.6) is 23.0 Å². The second-order valence-electron chi connectivity index (χ2n) is 11.1. The van der Waals surface area contributed by atoms with Crippen molar-refractivity contribution in [2.24, 2.45) is 5.92 Å². The summed E-state index contributed by atoms with van der Waals surface area (Å²) in [5.41, 5.74) is -0.607. The van der Waals surface area contributed by atoms with Crippen LogP contribution < -0.4 is 19.5 Å². The molecule has 0 spiro atoms. The highest BCUT2D eigenvalue weighted by atomic mass is 19.1. The summed E-state index contributed by atoms with van der Waals surface area (Å²) in [5, 5.41) is 15.4. The number of fused-ring (bicyclic) bond motifs is 4. The Morgan fingerprint density at radius 2 is 1.71 bits per heavy atom. The highest BCUT2D eigenvalue weighted by molar-refractivity contribution is 6.27. The van der Waals surface area contributed by atoms with Gasteiger partial charge < -0.3 is 24.6 Å². The second-order valence-corrected chi connectivity index (χ2v) is 11.1. The molecule has 10 heteroatoms. The number of amides is 1. The summed E-state index contributed by atoms with van der Waals surface area (Å²) in [6.07, 6.45) is 1.07. The average Bonchev–Trinajstić information content (AvgIpc) is 3.32. The molecule has 4 aromatic rings. The molecule has 0 saturated heterocycles. The quantitative estimate of drug-likeness (QED) is 0.265. The van der Waals surface area contributed by atoms with Crippen LogP contribution in [0.2, 0.25) is 0 Å². The number of carbonyl (C=O) groups is 4. The number of ketones is 3. The molecule has 1 aliphatic heterocycles. The van der Waals surface area contributed by atoms with E-state index in [2.05, 4.69) is 5.32 Å². The van der Waals surface area contributed by atoms with Crippen LogP contribution in [0, 0.1) is 11.7 Å². The SMILES string of the molecule is COc1cc(O)c2c(c1C(=O)NCc1ccc(OCc3ccccc3F)c3ccccc13)OC1=CC(=O)C(C(C)=O)C(=O)[C@]12C. The van der Waals surface area contributed by atoms with Gasteiger partial charge in [-0.15, -0.1) is 0 Å². The van der Waals surface area contributed by atoms with Crippen molar-refractivity contribution < 1.29 is 42.9 Å². The predicted molar refractivity (Wildman–Crippen MR) is 161 cm³/mol. The van der Waals surface area contributed by atoms with Crippen molar-refractivity contribution in [2.75, 3.05) is 7.11 Å². The van der Waals surface area contributed by atoms with Crippen LogP contribution in [0.4, 0.5) is 4.39 Å². The number of aromatic hydroxyl groups is 1. The van der Waals surface area contributed by atoms with Crippen molar-refractivity contribution >= 4 is 34.0 Å². The molecule has 4 aromatic carbocycles. The first-order valence-electron chi connectivity index (χ1n) is 14.1. The molecule has 2 aliphatic rings. The van der Waals surface area contributed by atoms with E-state index in [0.29, 0.717) is 11.3 Å². The monoisotopic (exact) mass is 609 g/mol. The Morgan fingerprint density at radius 1 is 1.00 bits per heavy atom. The van der Waals surface area contributed by atoms with Gasteiger partial charge >= 0.3 is 0 Å². The lowest BCUT2D eigenvalue weighted by molar-refractivity contribution is -0.140. The fourth-order valence-electron chi connectivity index (χ4n) is 6.00. The van der Waals surface area contributed by atoms with Crippen LogP contribution in [0.25, 0.3) is 10.8 Å². The molecule has 1 unspecified atom stereocenters. The molecule has 2 N–H and O–H groups in total. The number of halogens is 1. The van der Waals surface area contributed by atoms with Crippen molar-refractivity contribution in [3.8, 4) is 23.0 Å². The number of nitrogens with one attached hydrogen (secondary N) is 1. The van der Waals surface area contributed by atoms with Gasteiger partial charge in [0.05, 0.1) is 12.7 Å². The van der Waals surface area contributed by atoms with Gasteiger partial charge in [-0.25, -0.2) is 4.39 Å². The van der Waals surface area contributed by atoms with Gasteiger partial charge in [0.1, 0.15) is 58.1 Å². The Bertz CT molecular complexity index is 1970. The molecule has 0 bridgehead atoms. The summed E-state index contributed by atoms with van der Waals surface area (Å²) in [5.74, 6) is -4.70. The Labute approximate surface area is 257 Å². The molecule has 1 amide bonds. The lowest BCUT2D eigenvalue weighted by Gasteiger charge is -2.30. The van der Waals surface area contributed by atoms with E-state index in [1.54, 1.807) is 30.3 Å². The van der Waals surface area contributed by atoms with Crippen LogP contribution >= 0.6 is 0 Å². The standard InChI is InChI=1S/C35H28FNO8/c1-18(38)29-24(39)15-28-35(2,33(29)41)31-25(40)14-27(43-3)30(32(31)45-28)34(42)37-16-19-12-13-26(22-10-6-5-9-21(19)22)44-17-20-8-4-7-11-23(20)36/h4-15,29,40H,16-17H2,1-3H3,(H,37,42)/t29?,35-/m1/s1. The van der Waals surface area contributed by atoms with E-state index >= 15 is 0 Å². The zero-order valence-corrected chi connectivity index (χ0v) is 24.6. The number of rotatable bonds is 8. The largest absolute Gasteiger partial charge is 0.507 e. The maximum absolute atomic E-state index is 14.1. The minimum atomic E-state index is -1.67. The van der Waals surface area contributed by atoms with Gasteiger partial charge in [0.25, 0.3) is 5.91 Å². The Morgan fingerprint density at radius 3 is 2.42 bits per heavy atom. The van der Waals surface area contributed by atoms with Crippen LogP contribution in [-0.4, -0.2) is 35.5 Å². The molecular formula is C35H28FNO8. The number of hydrogen-bond donors (Lipinski definition) is 2. The minimum absolute atomic E-state index is 0.0183. The van der Waals surface area contributed by atoms with E-state index in [4.69, 9.17) is 14.2 Å². The number of Topliss-reactive ketones (excluding diaryl/α,β-unsaturated/α-hetero) is 2. The third-order valence-corrected chi connectivity index (χ3v) is 8.35. The van der Waals surface area contributed by atoms with Crippen LogP contribution in [-0.2, 0) is 33.0 Å². The predicted octanol–water partition coefficient (Wildman–Crippen LogP) is 5.09. The Kier molecular flexibility index (Phi) is 7.36. The third kappa shape index (κ3) is 4.79. The van der Waals surface area contributed by atoms with Gasteiger partial charge in [0.2, 0.25) is 0 Å². The number of hydrogen-bond acceptors (Lipinski definition) is 8. The number of carbonyl (C=O) groups excluding carboxylic acids is 4. The highest BCUT2D eigenvalue weighted by Crippen LogP contribution is 2.56. The van der Waals surface area contributed by atoms with Crippen molar-refractivity contribution in [1.82, 2.24) is 5.32 Å². The number of allylic oxidation sites excluding steroid dienone is 2. The lowest BCUT2D eigenvalue weighted by Crippen LogP contribution is -2.47. The number of phenols is 1. The number of benzene rings is 4. The van der Waals surface area contributed by atoms with Crippen LogP contribution in [0.3, 0.4) is 0 Å². The fraction of sp³-hybridized carbons (Fsp3) is 0.200. The van der Waals surface area contributed by atoms with Crippen molar-refractivity contribution in [2.45, 2.75) is 32.4 Å². The van der Waals surface area contributed by atoms with E-state index in [0.717, 1.165) is 29.3 Å². The highest BCUT2D eigenvalue weighted by Gasteiger charge is 2.58. The third-order valence-electron chi connectivity index (χ3n) is 8.35. The molecule has 0 aromatic heterocycles. The van der Waals surface area contributed by atoms with Gasteiger partial charge in [-0.1, -0.05) is 48.5 Å². The minimum Gasteiger partial charge on any atom is -0.507 e. The summed E-state index contributed by atoms with van der Waals surface area (Å²) in [6, 6.07) is 18.6. The van der Waals surface area contributed by atoms with Gasteiger partial charge in [-0.2, -0.15) is 0 Å². The first-order valence-corrected chi connectivity index (χ1v) is 14.1. The maximum atomic E-state index is 14.1. The number of methoxy groups -OCH3 is 1. The molecule has 0 fully saturated rings. The van der Waals surface area contributed by atoms with Crippen LogP contribution in [0.15, 0.2) is 78.6 Å². The molecule has 9 nitrogen and oxygen atoms in total. The van der Waals surface area contributed by atoms with Crippen molar-refractivity contribution in [3.05, 3.63) is 107 Å². The van der Waals surface area contributed by atoms with Gasteiger partial charge in [-0.3, -0.25) is 19.2 Å². The molecule has 45 heavy (non-hydrogen) atoms. The summed E-state index contributed by atoms with van der Waals surface area (Å²) in [7, 11) is 1.31. The van der Waals surface area contributed by atoms with Gasteiger partial charge in [-0.05, 0) is 36.9 Å². The lowest BCUT2D eigenvalue weighted by atomic mass is 9.67. The van der Waals surface area contributed by atoms with Gasteiger partial charge in [0, 0.05) is 29.6 Å². The first kappa shape index (κ1) is 29.6. The number of phenolic OH excluding ortho intramolecular Hbond substituents is 1. The second kappa shape index (κ2) is 11.2. The van der Waals surface area contributed by atoms with E-state index in [1.807, 2.05) is 24.3 Å². The summed E-state index contributed by atoms with van der Waals surface area (Å²) in [6.45, 7) is 2.70. The van der Waals surface area contributed by atoms with E-state index in [-0.39, 0.29) is 53.1 Å². The topological polar surface area (TPSA) is 128 Å². The van der Waals surface area contributed by atoms with Crippen molar-refractivity contribution in [1.29, 1.82) is 0 Å². The van der Waals surface area contributed by atoms with E-state index < -0.39 is 34.6 Å². The smallest absolute Gasteiger partial charge is 0.259 e. The zero-order chi connectivity index (χ0) is 32.0. The first-order chi connectivity index (χ1) is 21.6. The molecule has 1 heterocycles. The summed E-state index contributed by atoms with van der Waals surface area (Å²) >= 11 is 0. The molecule has 0 radical (unpaired) electrons. The molecular weight excluding hydrogens is 581 g/mol. The zero-order valence-electron chi connectivity index (χ0n) is 24.6. The Balaban J connectivity index is 1.31. The molecule has 0 saturated carbocycles. The van der Waals surface area contributed by atoms with Gasteiger partial charge in [0.15, 0.2) is 17.3 Å². The normalized spacial score (nSPS) is 18.5. The number of ether oxygens (including phenoxy) is 3. The van der Waals surface area contributed by atoms with Crippen molar-refractivity contribution in [3.63, 3.8) is 0 Å². The Hall–Kier alpha value is -5.51. The fourth-order valence-corrected chi connectivity index (χ4v) is 6.00. The van der Waals surface area contributed by atoms with Crippen LogP contribution in [0.1, 0.15) is 40.9 Å². The van der Waals surface area contributed by atoms with E-state index in [9.17, 15) is 28.7 Å². The average molecular weight is 610 g/mol. The van der Waals surface area contributed by atoms with E-state index in [1.165, 1.54) is 26.2 Å². The maximum Gasteiger partial charge on any atom is 0.259 e. The summed E-state index contributed by atoms with van der Waals surface area (Å²) < 4.78 is 31.4. The molecule has 228 valence electrons. The summed E-state index contributed by atoms with van der Waals surface area (Å²) in [4.78, 5) is 52.1. The molecule has 6 rings (SSSR count). The molecule has 1 aliphatic carbocycles.